The summed E-state index contributed by atoms with van der Waals surface area (Å²) in [5.74, 6) is -0.388. The van der Waals surface area contributed by atoms with Crippen LogP contribution in [0.3, 0.4) is 0 Å². The highest BCUT2D eigenvalue weighted by Crippen LogP contribution is 2.21. The second-order valence-corrected chi connectivity index (χ2v) is 6.02. The topological polar surface area (TPSA) is 130 Å². The lowest BCUT2D eigenvalue weighted by atomic mass is 10.2. The Morgan fingerprint density at radius 2 is 2.08 bits per heavy atom. The summed E-state index contributed by atoms with van der Waals surface area (Å²) in [6, 6.07) is 5.60. The maximum atomic E-state index is 11.8. The molecule has 0 aliphatic rings. The SMILES string of the molecule is Cc1csc(=O)n1CC(=O)OCc1nnc(-c2ccc([N+](=O)[O-])cc2)o1. The number of non-ortho nitro benzene ring substituents is 1. The van der Waals surface area contributed by atoms with Crippen molar-refractivity contribution in [3.63, 3.8) is 0 Å². The molecular formula is C15H12N4O6S. The van der Waals surface area contributed by atoms with E-state index in [9.17, 15) is 19.7 Å². The number of benzene rings is 1. The van der Waals surface area contributed by atoms with E-state index in [1.165, 1.54) is 28.8 Å². The fourth-order valence-corrected chi connectivity index (χ4v) is 2.80. The summed E-state index contributed by atoms with van der Waals surface area (Å²) >= 11 is 1.01. The van der Waals surface area contributed by atoms with Gasteiger partial charge in [0.25, 0.3) is 11.6 Å². The molecule has 3 aromatic rings. The van der Waals surface area contributed by atoms with Gasteiger partial charge in [0.05, 0.1) is 4.92 Å². The molecule has 2 heterocycles. The molecule has 0 saturated heterocycles. The Morgan fingerprint density at radius 3 is 2.69 bits per heavy atom. The fourth-order valence-electron chi connectivity index (χ4n) is 2.07. The molecule has 10 nitrogen and oxygen atoms in total. The van der Waals surface area contributed by atoms with Gasteiger partial charge in [-0.3, -0.25) is 24.3 Å². The van der Waals surface area contributed by atoms with E-state index in [1.54, 1.807) is 12.3 Å². The van der Waals surface area contributed by atoms with E-state index in [-0.39, 0.29) is 35.5 Å². The van der Waals surface area contributed by atoms with Crippen LogP contribution in [0.5, 0.6) is 0 Å². The molecule has 0 aliphatic heterocycles. The summed E-state index contributed by atoms with van der Waals surface area (Å²) in [5, 5.41) is 19.9. The number of aromatic nitrogens is 3. The minimum atomic E-state index is -0.608. The van der Waals surface area contributed by atoms with Crippen molar-refractivity contribution in [1.29, 1.82) is 0 Å². The zero-order valence-electron chi connectivity index (χ0n) is 13.4. The summed E-state index contributed by atoms with van der Waals surface area (Å²) < 4.78 is 11.7. The number of ether oxygens (including phenoxy) is 1. The Balaban J connectivity index is 1.61. The quantitative estimate of drug-likeness (QED) is 0.362. The maximum Gasteiger partial charge on any atom is 0.326 e. The maximum absolute atomic E-state index is 11.8. The first-order chi connectivity index (χ1) is 12.4. The number of nitrogens with zero attached hydrogens (tertiary/aromatic N) is 4. The first kappa shape index (κ1) is 17.5. The molecule has 3 rings (SSSR count). The molecular weight excluding hydrogens is 364 g/mol. The van der Waals surface area contributed by atoms with E-state index in [0.29, 0.717) is 11.3 Å². The highest BCUT2D eigenvalue weighted by atomic mass is 32.1. The number of nitro benzene ring substituents is 1. The number of thiazole rings is 1. The van der Waals surface area contributed by atoms with Gasteiger partial charge < -0.3 is 9.15 Å². The summed E-state index contributed by atoms with van der Waals surface area (Å²) in [6.07, 6.45) is 0. The molecule has 0 unspecified atom stereocenters. The van der Waals surface area contributed by atoms with Crippen LogP contribution in [0.1, 0.15) is 11.6 Å². The van der Waals surface area contributed by atoms with Crippen molar-refractivity contribution in [2.75, 3.05) is 0 Å². The summed E-state index contributed by atoms with van der Waals surface area (Å²) in [5.41, 5.74) is 1.12. The van der Waals surface area contributed by atoms with Crippen molar-refractivity contribution >= 4 is 23.0 Å². The lowest BCUT2D eigenvalue weighted by molar-refractivity contribution is -0.384. The monoisotopic (exact) mass is 376 g/mol. The fraction of sp³-hybridized carbons (Fsp3) is 0.200. The number of carbonyl (C=O) groups excluding carboxylic acids is 1. The first-order valence-electron chi connectivity index (χ1n) is 7.32. The molecule has 0 atom stereocenters. The van der Waals surface area contributed by atoms with Crippen LogP contribution >= 0.6 is 11.3 Å². The molecule has 0 saturated carbocycles. The van der Waals surface area contributed by atoms with Crippen LogP contribution in [0.2, 0.25) is 0 Å². The summed E-state index contributed by atoms with van der Waals surface area (Å²) in [6.45, 7) is 1.29. The average molecular weight is 376 g/mol. The third kappa shape index (κ3) is 3.83. The number of nitro groups is 1. The van der Waals surface area contributed by atoms with Crippen LogP contribution in [0.15, 0.2) is 38.9 Å². The van der Waals surface area contributed by atoms with Gasteiger partial charge in [0.15, 0.2) is 6.61 Å². The van der Waals surface area contributed by atoms with Crippen molar-refractivity contribution in [2.45, 2.75) is 20.1 Å². The number of rotatable bonds is 6. The van der Waals surface area contributed by atoms with E-state index >= 15 is 0 Å². The zero-order chi connectivity index (χ0) is 18.7. The van der Waals surface area contributed by atoms with E-state index < -0.39 is 10.9 Å². The van der Waals surface area contributed by atoms with Crippen molar-refractivity contribution < 1.29 is 18.9 Å². The van der Waals surface area contributed by atoms with Crippen molar-refractivity contribution in [1.82, 2.24) is 14.8 Å². The summed E-state index contributed by atoms with van der Waals surface area (Å²) in [4.78, 5) is 33.3. The molecule has 0 fully saturated rings. The minimum Gasteiger partial charge on any atom is -0.454 e. The number of esters is 1. The summed E-state index contributed by atoms with van der Waals surface area (Å²) in [7, 11) is 0. The van der Waals surface area contributed by atoms with Gasteiger partial charge in [-0.1, -0.05) is 11.3 Å². The molecule has 0 radical (unpaired) electrons. The van der Waals surface area contributed by atoms with Gasteiger partial charge in [0.2, 0.25) is 5.89 Å². The Labute approximate surface area is 149 Å². The number of hydrogen-bond acceptors (Lipinski definition) is 9. The first-order valence-corrected chi connectivity index (χ1v) is 8.20. The van der Waals surface area contributed by atoms with Gasteiger partial charge in [0.1, 0.15) is 6.54 Å². The van der Waals surface area contributed by atoms with Crippen LogP contribution in [0.4, 0.5) is 5.69 Å². The Hall–Kier alpha value is -3.34. The standard InChI is InChI=1S/C15H12N4O6S/c1-9-8-26-15(21)18(9)6-13(20)24-7-12-16-17-14(25-12)10-2-4-11(5-3-10)19(22)23/h2-5,8H,6-7H2,1H3. The van der Waals surface area contributed by atoms with Gasteiger partial charge in [0, 0.05) is 28.8 Å². The largest absolute Gasteiger partial charge is 0.454 e. The second-order valence-electron chi connectivity index (χ2n) is 5.19. The Kier molecular flexibility index (Phi) is 4.89. The van der Waals surface area contributed by atoms with Crippen molar-refractivity contribution in [2.24, 2.45) is 0 Å². The number of carbonyl (C=O) groups is 1. The molecule has 0 aliphatic carbocycles. The van der Waals surface area contributed by atoms with Crippen LogP contribution in [-0.4, -0.2) is 25.7 Å². The normalized spacial score (nSPS) is 10.7. The molecule has 134 valence electrons. The molecule has 0 amide bonds. The third-order valence-corrected chi connectivity index (χ3v) is 4.29. The number of hydrogen-bond donors (Lipinski definition) is 0. The Bertz CT molecular complexity index is 1000. The van der Waals surface area contributed by atoms with Crippen molar-refractivity contribution in [3.05, 3.63) is 61.0 Å². The molecule has 1 aromatic carbocycles. The highest BCUT2D eigenvalue weighted by molar-refractivity contribution is 7.07. The predicted octanol–water partition coefficient (Wildman–Crippen LogP) is 1.92. The van der Waals surface area contributed by atoms with Gasteiger partial charge in [-0.15, -0.1) is 10.2 Å². The highest BCUT2D eigenvalue weighted by Gasteiger charge is 2.14. The van der Waals surface area contributed by atoms with Crippen LogP contribution in [0.25, 0.3) is 11.5 Å². The van der Waals surface area contributed by atoms with Gasteiger partial charge in [-0.25, -0.2) is 0 Å². The molecule has 26 heavy (non-hydrogen) atoms. The van der Waals surface area contributed by atoms with E-state index in [2.05, 4.69) is 10.2 Å². The molecule has 2 aromatic heterocycles. The minimum absolute atomic E-state index is 0.0543. The molecule has 0 N–H and O–H groups in total. The van der Waals surface area contributed by atoms with Crippen molar-refractivity contribution in [3.8, 4) is 11.5 Å². The van der Waals surface area contributed by atoms with E-state index in [0.717, 1.165) is 11.3 Å². The lowest BCUT2D eigenvalue weighted by Gasteiger charge is -2.04. The van der Waals surface area contributed by atoms with Gasteiger partial charge >= 0.3 is 10.8 Å². The average Bonchev–Trinajstić information content (AvgIpc) is 3.22. The molecule has 11 heteroatoms. The Morgan fingerprint density at radius 1 is 1.35 bits per heavy atom. The zero-order valence-corrected chi connectivity index (χ0v) is 14.3. The third-order valence-electron chi connectivity index (χ3n) is 3.41. The van der Waals surface area contributed by atoms with Crippen LogP contribution in [0, 0.1) is 17.0 Å². The predicted molar refractivity (Wildman–Crippen MR) is 89.5 cm³/mol. The smallest absolute Gasteiger partial charge is 0.326 e. The second kappa shape index (κ2) is 7.27. The van der Waals surface area contributed by atoms with Gasteiger partial charge in [-0.2, -0.15) is 0 Å². The molecule has 0 bridgehead atoms. The van der Waals surface area contributed by atoms with Crippen LogP contribution in [-0.2, 0) is 22.7 Å². The number of aryl methyl sites for hydroxylation is 1. The molecule has 0 spiro atoms. The lowest BCUT2D eigenvalue weighted by Crippen LogP contribution is -2.22. The van der Waals surface area contributed by atoms with Gasteiger partial charge in [-0.05, 0) is 19.1 Å². The van der Waals surface area contributed by atoms with E-state index in [1.807, 2.05) is 0 Å². The van der Waals surface area contributed by atoms with Crippen LogP contribution < -0.4 is 4.87 Å². The van der Waals surface area contributed by atoms with E-state index in [4.69, 9.17) is 9.15 Å².